The van der Waals surface area contributed by atoms with Gasteiger partial charge in [0.05, 0.1) is 0 Å². The molecule has 136 valence electrons. The minimum atomic E-state index is -0.460. The van der Waals surface area contributed by atoms with E-state index in [4.69, 9.17) is 9.47 Å². The van der Waals surface area contributed by atoms with Crippen molar-refractivity contribution in [2.75, 3.05) is 0 Å². The van der Waals surface area contributed by atoms with Crippen LogP contribution in [0, 0.1) is 0 Å². The molecule has 0 amide bonds. The highest BCUT2D eigenvalue weighted by Crippen LogP contribution is 2.14. The first-order chi connectivity index (χ1) is 12.6. The molecule has 26 heavy (non-hydrogen) atoms. The average Bonchev–Trinajstić information content (AvgIpc) is 2.66. The lowest BCUT2D eigenvalue weighted by molar-refractivity contribution is -0.134. The summed E-state index contributed by atoms with van der Waals surface area (Å²) in [4.78, 5) is 23.5. The SMILES string of the molecule is CCc1ccc(OC(=O)C=CCCC(=O)Oc2ccc(CC)cc2)cc1. The third kappa shape index (κ3) is 6.55. The normalized spacial score (nSPS) is 10.7. The fourth-order valence-corrected chi connectivity index (χ4v) is 2.30. The van der Waals surface area contributed by atoms with E-state index in [0.29, 0.717) is 17.9 Å². The molecule has 0 aliphatic carbocycles. The number of aryl methyl sites for hydroxylation is 2. The third-order valence-corrected chi connectivity index (χ3v) is 3.88. The number of carbonyl (C=O) groups excluding carboxylic acids is 2. The van der Waals surface area contributed by atoms with Crippen LogP contribution in [0.2, 0.25) is 0 Å². The van der Waals surface area contributed by atoms with Crippen LogP contribution in [0.25, 0.3) is 0 Å². The fourth-order valence-electron chi connectivity index (χ4n) is 2.30. The summed E-state index contributed by atoms with van der Waals surface area (Å²) in [6.45, 7) is 4.13. The molecule has 0 atom stereocenters. The van der Waals surface area contributed by atoms with Crippen LogP contribution in [0.1, 0.15) is 37.8 Å². The maximum atomic E-state index is 11.8. The van der Waals surface area contributed by atoms with Gasteiger partial charge in [-0.2, -0.15) is 0 Å². The summed E-state index contributed by atoms with van der Waals surface area (Å²) in [6.07, 6.45) is 5.44. The summed E-state index contributed by atoms with van der Waals surface area (Å²) in [6, 6.07) is 14.8. The minimum Gasteiger partial charge on any atom is -0.427 e. The smallest absolute Gasteiger partial charge is 0.335 e. The molecule has 0 N–H and O–H groups in total. The quantitative estimate of drug-likeness (QED) is 0.394. The fraction of sp³-hybridized carbons (Fsp3) is 0.273. The molecule has 0 unspecified atom stereocenters. The van der Waals surface area contributed by atoms with E-state index in [-0.39, 0.29) is 12.4 Å². The molecule has 4 heteroatoms. The highest BCUT2D eigenvalue weighted by Gasteiger charge is 2.04. The van der Waals surface area contributed by atoms with Crippen molar-refractivity contribution >= 4 is 11.9 Å². The first-order valence-electron chi connectivity index (χ1n) is 8.87. The molecule has 2 rings (SSSR count). The van der Waals surface area contributed by atoms with Crippen LogP contribution in [0.4, 0.5) is 0 Å². The zero-order chi connectivity index (χ0) is 18.8. The van der Waals surface area contributed by atoms with Crippen LogP contribution in [0.5, 0.6) is 11.5 Å². The number of carbonyl (C=O) groups is 2. The monoisotopic (exact) mass is 352 g/mol. The van der Waals surface area contributed by atoms with Crippen LogP contribution in [0.3, 0.4) is 0 Å². The number of benzene rings is 2. The number of ether oxygens (including phenoxy) is 2. The van der Waals surface area contributed by atoms with Gasteiger partial charge >= 0.3 is 11.9 Å². The molecule has 0 aliphatic heterocycles. The van der Waals surface area contributed by atoms with E-state index in [9.17, 15) is 9.59 Å². The number of rotatable bonds is 8. The maximum absolute atomic E-state index is 11.8. The molecular formula is C22H24O4. The number of hydrogen-bond donors (Lipinski definition) is 0. The summed E-state index contributed by atoms with van der Waals surface area (Å²) in [7, 11) is 0. The highest BCUT2D eigenvalue weighted by molar-refractivity contribution is 5.84. The Kier molecular flexibility index (Phi) is 7.62. The van der Waals surface area contributed by atoms with E-state index in [1.807, 2.05) is 24.3 Å². The summed E-state index contributed by atoms with van der Waals surface area (Å²) in [5.74, 6) is 0.248. The minimum absolute atomic E-state index is 0.199. The Morgan fingerprint density at radius 3 is 1.81 bits per heavy atom. The molecule has 0 bridgehead atoms. The molecule has 0 aliphatic rings. The van der Waals surface area contributed by atoms with Crippen LogP contribution < -0.4 is 9.47 Å². The van der Waals surface area contributed by atoms with Gasteiger partial charge in [-0.15, -0.1) is 0 Å². The Morgan fingerprint density at radius 1 is 0.808 bits per heavy atom. The molecule has 2 aromatic rings. The van der Waals surface area contributed by atoms with Gasteiger partial charge in [-0.3, -0.25) is 4.79 Å². The van der Waals surface area contributed by atoms with Crippen molar-refractivity contribution in [3.8, 4) is 11.5 Å². The molecule has 4 nitrogen and oxygen atoms in total. The van der Waals surface area contributed by atoms with E-state index in [1.54, 1.807) is 30.3 Å². The second kappa shape index (κ2) is 10.2. The van der Waals surface area contributed by atoms with Gasteiger partial charge < -0.3 is 9.47 Å². The molecule has 0 saturated heterocycles. The van der Waals surface area contributed by atoms with Gasteiger partial charge in [0.1, 0.15) is 11.5 Å². The number of hydrogen-bond acceptors (Lipinski definition) is 4. The second-order valence-electron chi connectivity index (χ2n) is 5.83. The lowest BCUT2D eigenvalue weighted by Gasteiger charge is -2.04. The summed E-state index contributed by atoms with van der Waals surface area (Å²) in [5, 5.41) is 0. The van der Waals surface area contributed by atoms with Crippen LogP contribution in [-0.2, 0) is 22.4 Å². The lowest BCUT2D eigenvalue weighted by Crippen LogP contribution is -2.07. The molecule has 2 aromatic carbocycles. The van der Waals surface area contributed by atoms with Gasteiger partial charge in [0.25, 0.3) is 0 Å². The van der Waals surface area contributed by atoms with Gasteiger partial charge in [0.2, 0.25) is 0 Å². The highest BCUT2D eigenvalue weighted by atomic mass is 16.5. The second-order valence-corrected chi connectivity index (χ2v) is 5.83. The van der Waals surface area contributed by atoms with Gasteiger partial charge in [-0.05, 0) is 54.7 Å². The Balaban J connectivity index is 1.71. The van der Waals surface area contributed by atoms with Crippen LogP contribution >= 0.6 is 0 Å². The summed E-state index contributed by atoms with van der Waals surface area (Å²) < 4.78 is 10.4. The molecule has 0 fully saturated rings. The Bertz CT molecular complexity index is 743. The first kappa shape index (κ1) is 19.4. The summed E-state index contributed by atoms with van der Waals surface area (Å²) >= 11 is 0. The van der Waals surface area contributed by atoms with Crippen molar-refractivity contribution in [1.29, 1.82) is 0 Å². The van der Waals surface area contributed by atoms with Crippen molar-refractivity contribution in [3.05, 3.63) is 71.8 Å². The van der Waals surface area contributed by atoms with Gasteiger partial charge in [0, 0.05) is 12.5 Å². The molecule has 0 radical (unpaired) electrons. The largest absolute Gasteiger partial charge is 0.427 e. The van der Waals surface area contributed by atoms with E-state index >= 15 is 0 Å². The molecule has 0 heterocycles. The zero-order valence-corrected chi connectivity index (χ0v) is 15.2. The van der Waals surface area contributed by atoms with Gasteiger partial charge in [0.15, 0.2) is 0 Å². The molecule has 0 aromatic heterocycles. The Labute approximate surface area is 154 Å². The standard InChI is InChI=1S/C22H24O4/c1-3-17-9-13-19(14-10-17)25-21(23)7-5-6-8-22(24)26-20-15-11-18(4-2)12-16-20/h5,7,9-16H,3-4,6,8H2,1-2H3. The van der Waals surface area contributed by atoms with E-state index in [0.717, 1.165) is 12.8 Å². The predicted molar refractivity (Wildman–Crippen MR) is 101 cm³/mol. The van der Waals surface area contributed by atoms with Crippen molar-refractivity contribution < 1.29 is 19.1 Å². The first-order valence-corrected chi connectivity index (χ1v) is 8.87. The Hall–Kier alpha value is -2.88. The molecule has 0 saturated carbocycles. The Morgan fingerprint density at radius 2 is 1.31 bits per heavy atom. The van der Waals surface area contributed by atoms with Crippen molar-refractivity contribution in [2.24, 2.45) is 0 Å². The maximum Gasteiger partial charge on any atom is 0.335 e. The van der Waals surface area contributed by atoms with Crippen molar-refractivity contribution in [2.45, 2.75) is 39.5 Å². The predicted octanol–water partition coefficient (Wildman–Crippen LogP) is 4.66. The van der Waals surface area contributed by atoms with E-state index in [1.165, 1.54) is 17.2 Å². The topological polar surface area (TPSA) is 52.6 Å². The zero-order valence-electron chi connectivity index (χ0n) is 15.2. The van der Waals surface area contributed by atoms with Crippen molar-refractivity contribution in [1.82, 2.24) is 0 Å². The average molecular weight is 352 g/mol. The molecule has 0 spiro atoms. The van der Waals surface area contributed by atoms with Gasteiger partial charge in [-0.25, -0.2) is 4.79 Å². The van der Waals surface area contributed by atoms with Crippen LogP contribution in [0.15, 0.2) is 60.7 Å². The lowest BCUT2D eigenvalue weighted by atomic mass is 10.2. The number of esters is 2. The third-order valence-electron chi connectivity index (χ3n) is 3.88. The van der Waals surface area contributed by atoms with E-state index < -0.39 is 5.97 Å². The summed E-state index contributed by atoms with van der Waals surface area (Å²) in [5.41, 5.74) is 2.37. The number of allylic oxidation sites excluding steroid dienone is 1. The van der Waals surface area contributed by atoms with E-state index in [2.05, 4.69) is 13.8 Å². The molecular weight excluding hydrogens is 328 g/mol. The van der Waals surface area contributed by atoms with Crippen molar-refractivity contribution in [3.63, 3.8) is 0 Å². The van der Waals surface area contributed by atoms with Gasteiger partial charge in [-0.1, -0.05) is 44.2 Å². The van der Waals surface area contributed by atoms with Crippen LogP contribution in [-0.4, -0.2) is 11.9 Å².